The van der Waals surface area contributed by atoms with E-state index >= 15 is 0 Å². The van der Waals surface area contributed by atoms with Crippen LogP contribution >= 0.6 is 0 Å². The van der Waals surface area contributed by atoms with Crippen molar-refractivity contribution < 1.29 is 24.9 Å². The first-order valence-electron chi connectivity index (χ1n) is 7.65. The van der Waals surface area contributed by atoms with Gasteiger partial charge in [0.05, 0.1) is 26.4 Å². The second-order valence-electron chi connectivity index (χ2n) is 5.17. The Kier molecular flexibility index (Phi) is 6.74. The van der Waals surface area contributed by atoms with Crippen LogP contribution in [0.15, 0.2) is 42.5 Å². The van der Waals surface area contributed by atoms with Gasteiger partial charge in [-0.3, -0.25) is 4.79 Å². The SMILES string of the molecule is O=C(NCCOCCO)c1ccc(-c2ccc(O)c(CO)c2)cc1. The summed E-state index contributed by atoms with van der Waals surface area (Å²) in [5.41, 5.74) is 2.72. The second kappa shape index (κ2) is 9.02. The van der Waals surface area contributed by atoms with Crippen molar-refractivity contribution in [2.45, 2.75) is 6.61 Å². The molecule has 0 saturated carbocycles. The molecule has 1 amide bonds. The van der Waals surface area contributed by atoms with Crippen molar-refractivity contribution in [2.75, 3.05) is 26.4 Å². The second-order valence-corrected chi connectivity index (χ2v) is 5.17. The first-order chi connectivity index (χ1) is 11.7. The molecule has 0 aliphatic carbocycles. The fraction of sp³-hybridized carbons (Fsp3) is 0.278. The molecule has 4 N–H and O–H groups in total. The molecule has 24 heavy (non-hydrogen) atoms. The Bertz CT molecular complexity index is 670. The zero-order valence-corrected chi connectivity index (χ0v) is 13.2. The van der Waals surface area contributed by atoms with E-state index in [1.54, 1.807) is 24.3 Å². The molecule has 0 radical (unpaired) electrons. The van der Waals surface area contributed by atoms with E-state index in [2.05, 4.69) is 5.32 Å². The van der Waals surface area contributed by atoms with Crippen molar-refractivity contribution in [3.63, 3.8) is 0 Å². The van der Waals surface area contributed by atoms with Gasteiger partial charge in [0.15, 0.2) is 0 Å². The highest BCUT2D eigenvalue weighted by atomic mass is 16.5. The van der Waals surface area contributed by atoms with Crippen molar-refractivity contribution in [1.82, 2.24) is 5.32 Å². The van der Waals surface area contributed by atoms with E-state index in [0.29, 0.717) is 24.3 Å². The Morgan fingerprint density at radius 1 is 1.00 bits per heavy atom. The number of carbonyl (C=O) groups is 1. The van der Waals surface area contributed by atoms with Gasteiger partial charge in [0, 0.05) is 17.7 Å². The van der Waals surface area contributed by atoms with Crippen molar-refractivity contribution in [1.29, 1.82) is 0 Å². The van der Waals surface area contributed by atoms with E-state index in [-0.39, 0.29) is 31.5 Å². The van der Waals surface area contributed by atoms with Gasteiger partial charge in [-0.2, -0.15) is 0 Å². The standard InChI is InChI=1S/C18H21NO5/c20-8-10-24-9-7-19-18(23)14-3-1-13(2-4-14)15-5-6-17(22)16(11-15)12-21/h1-6,11,20-22H,7-10,12H2,(H,19,23). The van der Waals surface area contributed by atoms with Crippen LogP contribution in [0.1, 0.15) is 15.9 Å². The minimum absolute atomic E-state index is 0.0370. The van der Waals surface area contributed by atoms with Gasteiger partial charge in [0.1, 0.15) is 5.75 Å². The number of rotatable bonds is 8. The minimum Gasteiger partial charge on any atom is -0.508 e. The monoisotopic (exact) mass is 331 g/mol. The number of nitrogens with one attached hydrogen (secondary N) is 1. The highest BCUT2D eigenvalue weighted by Gasteiger charge is 2.07. The maximum atomic E-state index is 12.0. The van der Waals surface area contributed by atoms with Gasteiger partial charge in [0.2, 0.25) is 0 Å². The zero-order valence-electron chi connectivity index (χ0n) is 13.2. The summed E-state index contributed by atoms with van der Waals surface area (Å²) in [6.45, 7) is 0.705. The van der Waals surface area contributed by atoms with Gasteiger partial charge in [-0.15, -0.1) is 0 Å². The molecule has 6 nitrogen and oxygen atoms in total. The average molecular weight is 331 g/mol. The Morgan fingerprint density at radius 3 is 2.38 bits per heavy atom. The molecule has 0 bridgehead atoms. The largest absolute Gasteiger partial charge is 0.508 e. The molecule has 2 aromatic rings. The number of aromatic hydroxyl groups is 1. The van der Waals surface area contributed by atoms with Crippen LogP contribution in [0.25, 0.3) is 11.1 Å². The summed E-state index contributed by atoms with van der Waals surface area (Å²) >= 11 is 0. The van der Waals surface area contributed by atoms with Crippen molar-refractivity contribution in [2.24, 2.45) is 0 Å². The van der Waals surface area contributed by atoms with Gasteiger partial charge in [-0.05, 0) is 35.4 Å². The number of hydrogen-bond acceptors (Lipinski definition) is 5. The minimum atomic E-state index is -0.238. The number of ether oxygens (including phenoxy) is 1. The van der Waals surface area contributed by atoms with Crippen LogP contribution in [-0.4, -0.2) is 47.6 Å². The van der Waals surface area contributed by atoms with Gasteiger partial charge in [0.25, 0.3) is 5.91 Å². The van der Waals surface area contributed by atoms with Crippen LogP contribution in [-0.2, 0) is 11.3 Å². The van der Waals surface area contributed by atoms with Gasteiger partial charge in [-0.1, -0.05) is 18.2 Å². The summed E-state index contributed by atoms with van der Waals surface area (Å²) in [5.74, 6) is -0.142. The molecule has 0 aromatic heterocycles. The lowest BCUT2D eigenvalue weighted by Gasteiger charge is -2.08. The normalized spacial score (nSPS) is 10.6. The lowest BCUT2D eigenvalue weighted by molar-refractivity contribution is 0.0838. The average Bonchev–Trinajstić information content (AvgIpc) is 2.62. The Balaban J connectivity index is 1.98. The summed E-state index contributed by atoms with van der Waals surface area (Å²) in [5, 5.41) is 30.1. The molecular formula is C18H21NO5. The third kappa shape index (κ3) is 4.79. The van der Waals surface area contributed by atoms with Crippen LogP contribution in [0, 0.1) is 0 Å². The molecule has 2 aromatic carbocycles. The molecule has 0 atom stereocenters. The maximum absolute atomic E-state index is 12.0. The van der Waals surface area contributed by atoms with Gasteiger partial charge >= 0.3 is 0 Å². The molecule has 0 saturated heterocycles. The molecule has 128 valence electrons. The first kappa shape index (κ1) is 17.9. The molecule has 0 aliphatic rings. The summed E-state index contributed by atoms with van der Waals surface area (Å²) in [7, 11) is 0. The highest BCUT2D eigenvalue weighted by molar-refractivity contribution is 5.94. The van der Waals surface area contributed by atoms with Crippen LogP contribution in [0.3, 0.4) is 0 Å². The summed E-state index contributed by atoms with van der Waals surface area (Å²) in [6, 6.07) is 12.0. The summed E-state index contributed by atoms with van der Waals surface area (Å²) in [6.07, 6.45) is 0. The van der Waals surface area contributed by atoms with E-state index < -0.39 is 0 Å². The molecule has 0 heterocycles. The molecule has 2 rings (SSSR count). The van der Waals surface area contributed by atoms with Crippen LogP contribution in [0.2, 0.25) is 0 Å². The number of phenols is 1. The molecule has 0 aliphatic heterocycles. The third-order valence-electron chi connectivity index (χ3n) is 3.50. The fourth-order valence-corrected chi connectivity index (χ4v) is 2.21. The van der Waals surface area contributed by atoms with E-state index in [1.165, 1.54) is 6.07 Å². The maximum Gasteiger partial charge on any atom is 0.251 e. The van der Waals surface area contributed by atoms with Gasteiger partial charge < -0.3 is 25.4 Å². The number of aliphatic hydroxyl groups excluding tert-OH is 2. The topological polar surface area (TPSA) is 99.0 Å². The van der Waals surface area contributed by atoms with E-state index in [4.69, 9.17) is 9.84 Å². The lowest BCUT2D eigenvalue weighted by Crippen LogP contribution is -2.27. The molecule has 0 unspecified atom stereocenters. The quantitative estimate of drug-likeness (QED) is 0.546. The number of benzene rings is 2. The van der Waals surface area contributed by atoms with Crippen molar-refractivity contribution in [3.8, 4) is 16.9 Å². The lowest BCUT2D eigenvalue weighted by atomic mass is 10.0. The Labute approximate surface area is 140 Å². The predicted octanol–water partition coefficient (Wildman–Crippen LogP) is 1.29. The number of carbonyl (C=O) groups excluding carboxylic acids is 1. The Morgan fingerprint density at radius 2 is 1.71 bits per heavy atom. The number of hydrogen-bond donors (Lipinski definition) is 4. The molecule has 0 fully saturated rings. The first-order valence-corrected chi connectivity index (χ1v) is 7.65. The van der Waals surface area contributed by atoms with E-state index in [9.17, 15) is 15.0 Å². The van der Waals surface area contributed by atoms with Crippen molar-refractivity contribution in [3.05, 3.63) is 53.6 Å². The molecule has 6 heteroatoms. The smallest absolute Gasteiger partial charge is 0.251 e. The number of amides is 1. The fourth-order valence-electron chi connectivity index (χ4n) is 2.21. The van der Waals surface area contributed by atoms with Crippen molar-refractivity contribution >= 4 is 5.91 Å². The van der Waals surface area contributed by atoms with E-state index in [1.807, 2.05) is 12.1 Å². The number of aliphatic hydroxyl groups is 2. The third-order valence-corrected chi connectivity index (χ3v) is 3.50. The highest BCUT2D eigenvalue weighted by Crippen LogP contribution is 2.26. The van der Waals surface area contributed by atoms with Crippen LogP contribution in [0.5, 0.6) is 5.75 Å². The molecule has 0 spiro atoms. The van der Waals surface area contributed by atoms with Crippen LogP contribution in [0.4, 0.5) is 0 Å². The van der Waals surface area contributed by atoms with Gasteiger partial charge in [-0.25, -0.2) is 0 Å². The molecular weight excluding hydrogens is 310 g/mol. The van der Waals surface area contributed by atoms with E-state index in [0.717, 1.165) is 11.1 Å². The zero-order chi connectivity index (χ0) is 17.4. The Hall–Kier alpha value is -2.41. The summed E-state index contributed by atoms with van der Waals surface area (Å²) < 4.78 is 5.07. The predicted molar refractivity (Wildman–Crippen MR) is 89.7 cm³/mol. The van der Waals surface area contributed by atoms with Crippen LogP contribution < -0.4 is 5.32 Å². The summed E-state index contributed by atoms with van der Waals surface area (Å²) in [4.78, 5) is 12.0.